The molecular weight excluding hydrogens is 233 g/mol. The first-order valence-corrected chi connectivity index (χ1v) is 4.79. The summed E-state index contributed by atoms with van der Waals surface area (Å²) in [5.41, 5.74) is 4.83. The minimum absolute atomic E-state index is 0.0513. The predicted molar refractivity (Wildman–Crippen MR) is 56.1 cm³/mol. The first kappa shape index (κ1) is 11.5. The lowest BCUT2D eigenvalue weighted by atomic mass is 10.0. The molecule has 1 aromatic heterocycles. The van der Waals surface area contributed by atoms with Crippen LogP contribution in [0.25, 0.3) is 11.3 Å². The summed E-state index contributed by atoms with van der Waals surface area (Å²) in [7, 11) is 0. The molecule has 2 aromatic rings. The lowest BCUT2D eigenvalue weighted by Crippen LogP contribution is -2.06. The minimum atomic E-state index is -4.44. The van der Waals surface area contributed by atoms with Crippen LogP contribution in [0.2, 0.25) is 0 Å². The Morgan fingerprint density at radius 2 is 1.88 bits per heavy atom. The fraction of sp³-hybridized carbons (Fsp3) is 0.182. The number of rotatable bonds is 1. The van der Waals surface area contributed by atoms with Crippen molar-refractivity contribution in [3.63, 3.8) is 0 Å². The first-order chi connectivity index (χ1) is 7.89. The first-order valence-electron chi connectivity index (χ1n) is 4.79. The van der Waals surface area contributed by atoms with E-state index in [2.05, 4.69) is 4.98 Å². The van der Waals surface area contributed by atoms with Crippen molar-refractivity contribution < 1.29 is 17.6 Å². The maximum Gasteiger partial charge on any atom is 0.417 e. The summed E-state index contributed by atoms with van der Waals surface area (Å²) in [6, 6.07) is 5.00. The quantitative estimate of drug-likeness (QED) is 0.835. The van der Waals surface area contributed by atoms with Crippen LogP contribution in [0, 0.1) is 6.92 Å². The molecule has 1 aromatic carbocycles. The van der Waals surface area contributed by atoms with Crippen molar-refractivity contribution >= 4 is 6.01 Å². The van der Waals surface area contributed by atoms with Crippen molar-refractivity contribution in [1.82, 2.24) is 4.98 Å². The van der Waals surface area contributed by atoms with Gasteiger partial charge in [0.25, 0.3) is 6.01 Å². The number of nitrogens with zero attached hydrogens (tertiary/aromatic N) is 1. The van der Waals surface area contributed by atoms with Gasteiger partial charge in [0, 0.05) is 5.56 Å². The number of nitrogens with two attached hydrogens (primary N) is 1. The predicted octanol–water partition coefficient (Wildman–Crippen LogP) is 3.25. The maximum atomic E-state index is 12.8. The molecule has 0 saturated carbocycles. The number of aromatic nitrogens is 1. The van der Waals surface area contributed by atoms with Gasteiger partial charge in [0.1, 0.15) is 0 Å². The van der Waals surface area contributed by atoms with E-state index in [4.69, 9.17) is 10.2 Å². The molecule has 17 heavy (non-hydrogen) atoms. The van der Waals surface area contributed by atoms with Crippen LogP contribution in [0.15, 0.2) is 28.7 Å². The normalized spacial score (nSPS) is 11.8. The van der Waals surface area contributed by atoms with E-state index in [1.54, 1.807) is 6.92 Å². The van der Waals surface area contributed by atoms with Crippen molar-refractivity contribution in [3.05, 3.63) is 35.5 Å². The van der Waals surface area contributed by atoms with E-state index in [0.717, 1.165) is 6.07 Å². The maximum absolute atomic E-state index is 12.8. The molecular formula is C11H9F3N2O. The molecule has 0 bridgehead atoms. The molecule has 90 valence electrons. The summed E-state index contributed by atoms with van der Waals surface area (Å²) in [6.45, 7) is 1.54. The van der Waals surface area contributed by atoms with E-state index in [1.165, 1.54) is 18.2 Å². The molecule has 0 aliphatic heterocycles. The number of aryl methyl sites for hydroxylation is 1. The third kappa shape index (κ3) is 2.11. The number of oxazole rings is 1. The molecule has 0 atom stereocenters. The summed E-state index contributed by atoms with van der Waals surface area (Å²) in [5, 5.41) is 0. The Morgan fingerprint density at radius 1 is 1.24 bits per heavy atom. The van der Waals surface area contributed by atoms with E-state index in [9.17, 15) is 13.2 Å². The summed E-state index contributed by atoms with van der Waals surface area (Å²) in [4.78, 5) is 3.75. The van der Waals surface area contributed by atoms with Crippen LogP contribution in [-0.4, -0.2) is 4.98 Å². The van der Waals surface area contributed by atoms with Gasteiger partial charge in [-0.1, -0.05) is 18.2 Å². The zero-order valence-electron chi connectivity index (χ0n) is 8.88. The standard InChI is InChI=1S/C11H9F3N2O/c1-6-9(17-10(15)16-6)7-4-2-3-5-8(7)11(12,13)14/h2-5H,1H3,(H2,15,16). The highest BCUT2D eigenvalue weighted by molar-refractivity contribution is 5.65. The molecule has 0 unspecified atom stereocenters. The van der Waals surface area contributed by atoms with Crippen LogP contribution < -0.4 is 5.73 Å². The monoisotopic (exact) mass is 242 g/mol. The fourth-order valence-corrected chi connectivity index (χ4v) is 1.60. The number of anilines is 1. The second kappa shape index (κ2) is 3.80. The number of alkyl halides is 3. The second-order valence-corrected chi connectivity index (χ2v) is 3.51. The van der Waals surface area contributed by atoms with Crippen LogP contribution in [0.4, 0.5) is 19.2 Å². The molecule has 0 radical (unpaired) electrons. The van der Waals surface area contributed by atoms with Crippen LogP contribution in [0.1, 0.15) is 11.3 Å². The van der Waals surface area contributed by atoms with Gasteiger partial charge in [0.2, 0.25) is 0 Å². The van der Waals surface area contributed by atoms with E-state index in [0.29, 0.717) is 5.69 Å². The molecule has 0 amide bonds. The van der Waals surface area contributed by atoms with Crippen LogP contribution in [-0.2, 0) is 6.18 Å². The molecule has 0 fully saturated rings. The van der Waals surface area contributed by atoms with Gasteiger partial charge in [0.15, 0.2) is 5.76 Å². The second-order valence-electron chi connectivity index (χ2n) is 3.51. The molecule has 6 heteroatoms. The van der Waals surface area contributed by atoms with Crippen LogP contribution in [0.5, 0.6) is 0 Å². The number of hydrogen-bond acceptors (Lipinski definition) is 3. The minimum Gasteiger partial charge on any atom is -0.423 e. The van der Waals surface area contributed by atoms with Gasteiger partial charge in [-0.25, -0.2) is 0 Å². The topological polar surface area (TPSA) is 52.0 Å². The van der Waals surface area contributed by atoms with Gasteiger partial charge in [-0.3, -0.25) is 0 Å². The van der Waals surface area contributed by atoms with Crippen molar-refractivity contribution in [2.24, 2.45) is 0 Å². The van der Waals surface area contributed by atoms with Crippen molar-refractivity contribution in [1.29, 1.82) is 0 Å². The Morgan fingerprint density at radius 3 is 2.41 bits per heavy atom. The summed E-state index contributed by atoms with van der Waals surface area (Å²) < 4.78 is 43.3. The lowest BCUT2D eigenvalue weighted by Gasteiger charge is -2.10. The van der Waals surface area contributed by atoms with Gasteiger partial charge in [0.05, 0.1) is 11.3 Å². The zero-order valence-corrected chi connectivity index (χ0v) is 8.88. The van der Waals surface area contributed by atoms with Gasteiger partial charge < -0.3 is 10.2 Å². The third-order valence-electron chi connectivity index (χ3n) is 2.29. The number of benzene rings is 1. The zero-order chi connectivity index (χ0) is 12.6. The van der Waals surface area contributed by atoms with Crippen molar-refractivity contribution in [3.8, 4) is 11.3 Å². The highest BCUT2D eigenvalue weighted by Gasteiger charge is 2.34. The van der Waals surface area contributed by atoms with Crippen LogP contribution in [0.3, 0.4) is 0 Å². The van der Waals surface area contributed by atoms with E-state index < -0.39 is 11.7 Å². The highest BCUT2D eigenvalue weighted by atomic mass is 19.4. The average molecular weight is 242 g/mol. The Balaban J connectivity index is 2.64. The van der Waals surface area contributed by atoms with Gasteiger partial charge >= 0.3 is 6.18 Å². The molecule has 0 aliphatic rings. The largest absolute Gasteiger partial charge is 0.423 e. The van der Waals surface area contributed by atoms with Gasteiger partial charge in [-0.05, 0) is 13.0 Å². The van der Waals surface area contributed by atoms with Gasteiger partial charge in [-0.15, -0.1) is 0 Å². The third-order valence-corrected chi connectivity index (χ3v) is 2.29. The Labute approximate surface area is 95.1 Å². The summed E-state index contributed by atoms with van der Waals surface area (Å²) >= 11 is 0. The van der Waals surface area contributed by atoms with E-state index in [-0.39, 0.29) is 17.3 Å². The molecule has 0 spiro atoms. The lowest BCUT2D eigenvalue weighted by molar-refractivity contribution is -0.137. The van der Waals surface area contributed by atoms with Gasteiger partial charge in [-0.2, -0.15) is 18.2 Å². The molecule has 0 aliphatic carbocycles. The van der Waals surface area contributed by atoms with Crippen molar-refractivity contribution in [2.45, 2.75) is 13.1 Å². The highest BCUT2D eigenvalue weighted by Crippen LogP contribution is 2.38. The molecule has 1 heterocycles. The summed E-state index contributed by atoms with van der Waals surface area (Å²) in [5.74, 6) is 0.0513. The van der Waals surface area contributed by atoms with Crippen LogP contribution >= 0.6 is 0 Å². The molecule has 2 rings (SSSR count). The fourth-order valence-electron chi connectivity index (χ4n) is 1.60. The SMILES string of the molecule is Cc1nc(N)oc1-c1ccccc1C(F)(F)F. The van der Waals surface area contributed by atoms with Crippen molar-refractivity contribution in [2.75, 3.05) is 5.73 Å². The Kier molecular flexibility index (Phi) is 2.57. The summed E-state index contributed by atoms with van der Waals surface area (Å²) in [6.07, 6.45) is -4.44. The Bertz CT molecular complexity index is 546. The van der Waals surface area contributed by atoms with E-state index >= 15 is 0 Å². The molecule has 0 saturated heterocycles. The average Bonchev–Trinajstić information content (AvgIpc) is 2.56. The Hall–Kier alpha value is -1.98. The molecule has 3 nitrogen and oxygen atoms in total. The number of hydrogen-bond donors (Lipinski definition) is 1. The molecule has 2 N–H and O–H groups in total. The smallest absolute Gasteiger partial charge is 0.417 e. The van der Waals surface area contributed by atoms with E-state index in [1.807, 2.05) is 0 Å². The number of halogens is 3. The number of nitrogen functional groups attached to an aromatic ring is 1.